The molecule has 0 aromatic heterocycles. The lowest BCUT2D eigenvalue weighted by Crippen LogP contribution is -2.65. The van der Waals surface area contributed by atoms with Crippen molar-refractivity contribution in [3.05, 3.63) is 0 Å². The molecule has 1 aliphatic rings. The van der Waals surface area contributed by atoms with E-state index in [-0.39, 0.29) is 0 Å². The Labute approximate surface area is 70.2 Å². The Morgan fingerprint density at radius 3 is 1.40 bits per heavy atom. The highest BCUT2D eigenvalue weighted by Crippen LogP contribution is 2.64. The summed E-state index contributed by atoms with van der Waals surface area (Å²) in [6.45, 7) is 0. The molecular weight excluding hydrogens is 211 g/mol. The maximum Gasteiger partial charge on any atom is 0.301 e. The molecule has 1 saturated carbocycles. The van der Waals surface area contributed by atoms with E-state index < -0.39 is 21.8 Å². The van der Waals surface area contributed by atoms with Gasteiger partial charge in [-0.1, -0.05) is 34.8 Å². The standard InChI is InChI=1S/C4H2Cl3F3/c5-2(6)1-3(8,9)4(2,7)10/h1H2. The zero-order valence-corrected chi connectivity index (χ0v) is 6.74. The van der Waals surface area contributed by atoms with Crippen LogP contribution in [0.4, 0.5) is 13.2 Å². The largest absolute Gasteiger partial charge is 0.301 e. The number of rotatable bonds is 0. The van der Waals surface area contributed by atoms with Crippen LogP contribution in [0.3, 0.4) is 0 Å². The molecule has 0 bridgehead atoms. The summed E-state index contributed by atoms with van der Waals surface area (Å²) in [6.07, 6.45) is -0.941. The predicted molar refractivity (Wildman–Crippen MR) is 33.7 cm³/mol. The fraction of sp³-hybridized carbons (Fsp3) is 1.00. The summed E-state index contributed by atoms with van der Waals surface area (Å²) in [5.41, 5.74) is 0. The average molecular weight is 213 g/mol. The third-order valence-corrected chi connectivity index (χ3v) is 2.94. The number of hydrogen-bond donors (Lipinski definition) is 0. The van der Waals surface area contributed by atoms with Crippen molar-refractivity contribution in [2.45, 2.75) is 21.8 Å². The van der Waals surface area contributed by atoms with Gasteiger partial charge in [-0.15, -0.1) is 0 Å². The predicted octanol–water partition coefficient (Wildman–Crippen LogP) is 3.10. The van der Waals surface area contributed by atoms with Crippen LogP contribution in [-0.4, -0.2) is 15.4 Å². The molecule has 0 heterocycles. The highest BCUT2D eigenvalue weighted by Gasteiger charge is 2.77. The summed E-state index contributed by atoms with van der Waals surface area (Å²) < 4.78 is 34.6. The van der Waals surface area contributed by atoms with E-state index >= 15 is 0 Å². The van der Waals surface area contributed by atoms with Crippen molar-refractivity contribution in [2.24, 2.45) is 0 Å². The molecular formula is C4H2Cl3F3. The second-order valence-corrected chi connectivity index (χ2v) is 4.16. The van der Waals surface area contributed by atoms with Gasteiger partial charge in [0, 0.05) is 0 Å². The van der Waals surface area contributed by atoms with Crippen LogP contribution in [-0.2, 0) is 0 Å². The van der Waals surface area contributed by atoms with E-state index in [1.807, 2.05) is 0 Å². The molecule has 1 unspecified atom stereocenters. The van der Waals surface area contributed by atoms with E-state index in [1.165, 1.54) is 0 Å². The molecule has 0 radical (unpaired) electrons. The molecule has 0 aromatic carbocycles. The molecule has 6 heteroatoms. The van der Waals surface area contributed by atoms with Crippen molar-refractivity contribution in [1.29, 1.82) is 0 Å². The monoisotopic (exact) mass is 212 g/mol. The lowest BCUT2D eigenvalue weighted by molar-refractivity contribution is -0.173. The average Bonchev–Trinajstić information content (AvgIpc) is 1.61. The van der Waals surface area contributed by atoms with Gasteiger partial charge in [-0.2, -0.15) is 0 Å². The summed E-state index contributed by atoms with van der Waals surface area (Å²) in [5, 5.41) is -3.32. The van der Waals surface area contributed by atoms with Crippen LogP contribution in [0.25, 0.3) is 0 Å². The normalized spacial score (nSPS) is 42.6. The molecule has 1 fully saturated rings. The van der Waals surface area contributed by atoms with Gasteiger partial charge < -0.3 is 0 Å². The molecule has 0 aliphatic heterocycles. The summed E-state index contributed by atoms with van der Waals surface area (Å²) in [5.74, 6) is -3.61. The molecule has 10 heavy (non-hydrogen) atoms. The number of halogens is 6. The molecule has 1 atom stereocenters. The smallest absolute Gasteiger partial charge is 0.216 e. The van der Waals surface area contributed by atoms with Crippen molar-refractivity contribution in [2.75, 3.05) is 0 Å². The van der Waals surface area contributed by atoms with E-state index in [4.69, 9.17) is 34.8 Å². The molecule has 0 N–H and O–H groups in total. The van der Waals surface area contributed by atoms with Crippen molar-refractivity contribution < 1.29 is 13.2 Å². The van der Waals surface area contributed by atoms with E-state index in [9.17, 15) is 13.2 Å². The summed E-state index contributed by atoms with van der Waals surface area (Å²) >= 11 is 14.8. The third kappa shape index (κ3) is 0.836. The van der Waals surface area contributed by atoms with Crippen molar-refractivity contribution in [3.8, 4) is 0 Å². The van der Waals surface area contributed by atoms with Gasteiger partial charge in [0.2, 0.25) is 0 Å². The van der Waals surface area contributed by atoms with Crippen LogP contribution in [0.15, 0.2) is 0 Å². The van der Waals surface area contributed by atoms with Gasteiger partial charge in [-0.25, -0.2) is 13.2 Å². The Kier molecular flexibility index (Phi) is 1.64. The Hall–Kier alpha value is 0.660. The molecule has 0 spiro atoms. The molecule has 1 aliphatic carbocycles. The first-order valence-electron chi connectivity index (χ1n) is 2.34. The third-order valence-electron chi connectivity index (χ3n) is 1.36. The highest BCUT2D eigenvalue weighted by molar-refractivity contribution is 6.54. The maximum absolute atomic E-state index is 12.5. The first kappa shape index (κ1) is 8.75. The Balaban J connectivity index is 2.85. The lowest BCUT2D eigenvalue weighted by Gasteiger charge is -2.47. The highest BCUT2D eigenvalue weighted by atomic mass is 35.5. The van der Waals surface area contributed by atoms with Crippen LogP contribution >= 0.6 is 34.8 Å². The van der Waals surface area contributed by atoms with Crippen molar-refractivity contribution in [3.63, 3.8) is 0 Å². The van der Waals surface area contributed by atoms with Crippen molar-refractivity contribution >= 4 is 34.8 Å². The minimum Gasteiger partial charge on any atom is -0.216 e. The van der Waals surface area contributed by atoms with Gasteiger partial charge in [0.15, 0.2) is 4.33 Å². The van der Waals surface area contributed by atoms with E-state index in [0.29, 0.717) is 0 Å². The van der Waals surface area contributed by atoms with Crippen LogP contribution in [0.5, 0.6) is 0 Å². The Morgan fingerprint density at radius 2 is 1.40 bits per heavy atom. The van der Waals surface area contributed by atoms with Gasteiger partial charge in [-0.05, 0) is 0 Å². The lowest BCUT2D eigenvalue weighted by atomic mass is 9.90. The van der Waals surface area contributed by atoms with Crippen LogP contribution < -0.4 is 0 Å². The maximum atomic E-state index is 12.5. The molecule has 0 nitrogen and oxygen atoms in total. The van der Waals surface area contributed by atoms with Crippen molar-refractivity contribution in [1.82, 2.24) is 0 Å². The topological polar surface area (TPSA) is 0 Å². The number of hydrogen-bond acceptors (Lipinski definition) is 0. The first-order valence-corrected chi connectivity index (χ1v) is 3.47. The van der Waals surface area contributed by atoms with E-state index in [2.05, 4.69) is 0 Å². The van der Waals surface area contributed by atoms with Crippen LogP contribution in [0.2, 0.25) is 0 Å². The van der Waals surface area contributed by atoms with Crippen LogP contribution in [0.1, 0.15) is 6.42 Å². The fourth-order valence-electron chi connectivity index (χ4n) is 0.662. The van der Waals surface area contributed by atoms with E-state index in [1.54, 1.807) is 0 Å². The van der Waals surface area contributed by atoms with E-state index in [0.717, 1.165) is 0 Å². The zero-order chi connectivity index (χ0) is 8.21. The van der Waals surface area contributed by atoms with Gasteiger partial charge in [-0.3, -0.25) is 0 Å². The molecule has 0 amide bonds. The van der Waals surface area contributed by atoms with Gasteiger partial charge in [0.05, 0.1) is 6.42 Å². The van der Waals surface area contributed by atoms with Gasteiger partial charge >= 0.3 is 5.92 Å². The molecule has 0 saturated heterocycles. The number of alkyl halides is 6. The van der Waals surface area contributed by atoms with Gasteiger partial charge in [0.1, 0.15) is 0 Å². The quantitative estimate of drug-likeness (QED) is 0.542. The summed E-state index contributed by atoms with van der Waals surface area (Å²) in [7, 11) is 0. The van der Waals surface area contributed by atoms with Gasteiger partial charge in [0.25, 0.3) is 5.13 Å². The Bertz CT molecular complexity index is 149. The zero-order valence-electron chi connectivity index (χ0n) is 4.47. The SMILES string of the molecule is FC1(F)CC(Cl)(Cl)C1(F)Cl. The summed E-state index contributed by atoms with van der Waals surface area (Å²) in [6, 6.07) is 0. The Morgan fingerprint density at radius 1 is 1.00 bits per heavy atom. The second kappa shape index (κ2) is 1.87. The fourth-order valence-corrected chi connectivity index (χ4v) is 1.41. The first-order chi connectivity index (χ1) is 4.21. The second-order valence-electron chi connectivity index (χ2n) is 2.16. The molecule has 1 rings (SSSR count). The molecule has 0 aromatic rings. The van der Waals surface area contributed by atoms with Crippen LogP contribution in [0, 0.1) is 0 Å². The summed E-state index contributed by atoms with van der Waals surface area (Å²) in [4.78, 5) is 0. The molecule has 60 valence electrons. The minimum absolute atomic E-state index is 0.941. The minimum atomic E-state index is -3.61.